The lowest BCUT2D eigenvalue weighted by Crippen LogP contribution is -2.27. The molecule has 1 N–H and O–H groups in total. The number of halogens is 1. The molecule has 1 heterocycles. The molecule has 0 aliphatic rings. The highest BCUT2D eigenvalue weighted by molar-refractivity contribution is 5.90. The minimum Gasteiger partial charge on any atom is -0.324 e. The lowest BCUT2D eigenvalue weighted by atomic mass is 10.3. The van der Waals surface area contributed by atoms with Crippen molar-refractivity contribution in [2.75, 3.05) is 5.32 Å². The van der Waals surface area contributed by atoms with E-state index in [0.29, 0.717) is 17.8 Å². The molecule has 1 aromatic heterocycles. The summed E-state index contributed by atoms with van der Waals surface area (Å²) >= 11 is 0. The minimum absolute atomic E-state index is 0.160. The van der Waals surface area contributed by atoms with Crippen LogP contribution in [-0.2, 0) is 17.8 Å². The van der Waals surface area contributed by atoms with Crippen molar-refractivity contribution < 1.29 is 9.18 Å². The third-order valence-corrected chi connectivity index (χ3v) is 2.72. The standard InChI is InChI=1S/C14H14FN3O2/c1-2-11-7-14(20)18(9-16-11)8-13(19)17-12-5-3-4-10(15)6-12/h3-7,9H,2,8H2,1H3,(H,17,19). The predicted octanol–water partition coefficient (Wildman–Crippen LogP) is 1.58. The zero-order valence-electron chi connectivity index (χ0n) is 11.0. The monoisotopic (exact) mass is 275 g/mol. The second-order valence-electron chi connectivity index (χ2n) is 4.26. The molecule has 1 aromatic carbocycles. The van der Waals surface area contributed by atoms with E-state index in [1.54, 1.807) is 6.07 Å². The van der Waals surface area contributed by atoms with Crippen LogP contribution in [0.1, 0.15) is 12.6 Å². The second-order valence-corrected chi connectivity index (χ2v) is 4.26. The Morgan fingerprint density at radius 3 is 2.85 bits per heavy atom. The molecular weight excluding hydrogens is 261 g/mol. The van der Waals surface area contributed by atoms with Gasteiger partial charge in [-0.3, -0.25) is 14.2 Å². The van der Waals surface area contributed by atoms with Crippen LogP contribution in [0.2, 0.25) is 0 Å². The van der Waals surface area contributed by atoms with Crippen LogP contribution in [0.25, 0.3) is 0 Å². The fourth-order valence-electron chi connectivity index (χ4n) is 1.70. The highest BCUT2D eigenvalue weighted by Crippen LogP contribution is 2.08. The van der Waals surface area contributed by atoms with Gasteiger partial charge in [-0.2, -0.15) is 0 Å². The highest BCUT2D eigenvalue weighted by atomic mass is 19.1. The number of anilines is 1. The van der Waals surface area contributed by atoms with Crippen molar-refractivity contribution in [3.63, 3.8) is 0 Å². The summed E-state index contributed by atoms with van der Waals surface area (Å²) < 4.78 is 14.2. The molecule has 2 rings (SSSR count). The summed E-state index contributed by atoms with van der Waals surface area (Å²) in [6, 6.07) is 6.96. The van der Waals surface area contributed by atoms with Crippen LogP contribution in [0.15, 0.2) is 41.5 Å². The number of hydrogen-bond donors (Lipinski definition) is 1. The maximum absolute atomic E-state index is 13.0. The summed E-state index contributed by atoms with van der Waals surface area (Å²) in [4.78, 5) is 27.6. The molecule has 6 heteroatoms. The van der Waals surface area contributed by atoms with Gasteiger partial charge in [0.2, 0.25) is 5.91 Å². The van der Waals surface area contributed by atoms with E-state index in [4.69, 9.17) is 0 Å². The van der Waals surface area contributed by atoms with E-state index in [0.717, 1.165) is 0 Å². The molecule has 0 saturated carbocycles. The van der Waals surface area contributed by atoms with Crippen LogP contribution >= 0.6 is 0 Å². The van der Waals surface area contributed by atoms with Gasteiger partial charge in [-0.15, -0.1) is 0 Å². The van der Waals surface area contributed by atoms with Crippen molar-refractivity contribution in [3.05, 3.63) is 58.5 Å². The lowest BCUT2D eigenvalue weighted by molar-refractivity contribution is -0.116. The zero-order valence-corrected chi connectivity index (χ0v) is 11.0. The van der Waals surface area contributed by atoms with E-state index >= 15 is 0 Å². The molecule has 0 saturated heterocycles. The first kappa shape index (κ1) is 13.9. The molecular formula is C14H14FN3O2. The van der Waals surface area contributed by atoms with Gasteiger partial charge in [0.05, 0.1) is 6.33 Å². The predicted molar refractivity (Wildman–Crippen MR) is 72.9 cm³/mol. The van der Waals surface area contributed by atoms with Crippen LogP contribution in [0.3, 0.4) is 0 Å². The van der Waals surface area contributed by atoms with Gasteiger partial charge < -0.3 is 5.32 Å². The topological polar surface area (TPSA) is 64.0 Å². The maximum Gasteiger partial charge on any atom is 0.253 e. The molecule has 0 atom stereocenters. The number of aryl methyl sites for hydroxylation is 1. The first-order valence-electron chi connectivity index (χ1n) is 6.19. The van der Waals surface area contributed by atoms with Crippen molar-refractivity contribution in [2.45, 2.75) is 19.9 Å². The average molecular weight is 275 g/mol. The molecule has 0 fully saturated rings. The van der Waals surface area contributed by atoms with Gasteiger partial charge in [0, 0.05) is 17.4 Å². The Kier molecular flexibility index (Phi) is 4.24. The van der Waals surface area contributed by atoms with Crippen LogP contribution < -0.4 is 10.9 Å². The van der Waals surface area contributed by atoms with E-state index < -0.39 is 11.7 Å². The number of amides is 1. The summed E-state index contributed by atoms with van der Waals surface area (Å²) in [6.45, 7) is 1.73. The molecule has 0 bridgehead atoms. The first-order chi connectivity index (χ1) is 9.58. The van der Waals surface area contributed by atoms with Crippen LogP contribution in [0.5, 0.6) is 0 Å². The summed E-state index contributed by atoms with van der Waals surface area (Å²) in [7, 11) is 0. The molecule has 0 unspecified atom stereocenters. The average Bonchev–Trinajstić information content (AvgIpc) is 2.41. The minimum atomic E-state index is -0.436. The van der Waals surface area contributed by atoms with Crippen molar-refractivity contribution in [3.8, 4) is 0 Å². The quantitative estimate of drug-likeness (QED) is 0.921. The Balaban J connectivity index is 2.07. The molecule has 20 heavy (non-hydrogen) atoms. The molecule has 2 aromatic rings. The van der Waals surface area contributed by atoms with Gasteiger partial charge in [0.1, 0.15) is 12.4 Å². The fraction of sp³-hybridized carbons (Fsp3) is 0.214. The van der Waals surface area contributed by atoms with Crippen molar-refractivity contribution in [1.29, 1.82) is 0 Å². The van der Waals surface area contributed by atoms with Gasteiger partial charge in [0.25, 0.3) is 5.56 Å². The smallest absolute Gasteiger partial charge is 0.253 e. The summed E-state index contributed by atoms with van der Waals surface area (Å²) in [6.07, 6.45) is 2.00. The van der Waals surface area contributed by atoms with Gasteiger partial charge in [-0.1, -0.05) is 13.0 Å². The molecule has 0 radical (unpaired) electrons. The zero-order chi connectivity index (χ0) is 14.5. The second kappa shape index (κ2) is 6.10. The van der Waals surface area contributed by atoms with Gasteiger partial charge in [0.15, 0.2) is 0 Å². The number of carbonyl (C=O) groups excluding carboxylic acids is 1. The van der Waals surface area contributed by atoms with Crippen molar-refractivity contribution >= 4 is 11.6 Å². The molecule has 0 aliphatic heterocycles. The molecule has 104 valence electrons. The Labute approximate surface area is 115 Å². The number of nitrogens with one attached hydrogen (secondary N) is 1. The Morgan fingerprint density at radius 2 is 2.20 bits per heavy atom. The number of hydrogen-bond acceptors (Lipinski definition) is 3. The lowest BCUT2D eigenvalue weighted by Gasteiger charge is -2.07. The first-order valence-corrected chi connectivity index (χ1v) is 6.19. The highest BCUT2D eigenvalue weighted by Gasteiger charge is 2.06. The molecule has 1 amide bonds. The summed E-state index contributed by atoms with van der Waals surface area (Å²) in [5.74, 6) is -0.849. The van der Waals surface area contributed by atoms with Crippen LogP contribution in [-0.4, -0.2) is 15.5 Å². The van der Waals surface area contributed by atoms with E-state index in [9.17, 15) is 14.0 Å². The van der Waals surface area contributed by atoms with E-state index in [2.05, 4.69) is 10.3 Å². The third kappa shape index (κ3) is 3.50. The Hall–Kier alpha value is -2.50. The number of carbonyl (C=O) groups is 1. The number of nitrogens with zero attached hydrogens (tertiary/aromatic N) is 2. The van der Waals surface area contributed by atoms with Crippen LogP contribution in [0.4, 0.5) is 10.1 Å². The van der Waals surface area contributed by atoms with E-state index in [1.807, 2.05) is 6.92 Å². The SMILES string of the molecule is CCc1cc(=O)n(CC(=O)Nc2cccc(F)c2)cn1. The van der Waals surface area contributed by atoms with E-state index in [-0.39, 0.29) is 12.1 Å². The Morgan fingerprint density at radius 1 is 1.40 bits per heavy atom. The molecule has 5 nitrogen and oxygen atoms in total. The largest absolute Gasteiger partial charge is 0.324 e. The van der Waals surface area contributed by atoms with Crippen LogP contribution in [0, 0.1) is 5.82 Å². The van der Waals surface area contributed by atoms with Gasteiger partial charge in [-0.25, -0.2) is 9.37 Å². The van der Waals surface area contributed by atoms with Crippen molar-refractivity contribution in [2.24, 2.45) is 0 Å². The number of aromatic nitrogens is 2. The normalized spacial score (nSPS) is 10.3. The van der Waals surface area contributed by atoms with Gasteiger partial charge in [-0.05, 0) is 24.6 Å². The summed E-state index contributed by atoms with van der Waals surface area (Å²) in [5, 5.41) is 2.52. The molecule has 0 aliphatic carbocycles. The molecule has 0 spiro atoms. The van der Waals surface area contributed by atoms with Crippen molar-refractivity contribution in [1.82, 2.24) is 9.55 Å². The number of benzene rings is 1. The van der Waals surface area contributed by atoms with E-state index in [1.165, 1.54) is 35.2 Å². The third-order valence-electron chi connectivity index (χ3n) is 2.72. The maximum atomic E-state index is 13.0. The summed E-state index contributed by atoms with van der Waals surface area (Å²) in [5.41, 5.74) is 0.740. The Bertz CT molecular complexity index is 682. The number of rotatable bonds is 4. The van der Waals surface area contributed by atoms with Gasteiger partial charge >= 0.3 is 0 Å². The fourth-order valence-corrected chi connectivity index (χ4v) is 1.70.